The van der Waals surface area contributed by atoms with Gasteiger partial charge in [-0.25, -0.2) is 0 Å². The average Bonchev–Trinajstić information content (AvgIpc) is 3.41. The van der Waals surface area contributed by atoms with E-state index in [1.807, 2.05) is 17.9 Å². The third-order valence-corrected chi connectivity index (χ3v) is 5.62. The number of carbonyl (C=O) groups is 1. The fourth-order valence-electron chi connectivity index (χ4n) is 3.98. The lowest BCUT2D eigenvalue weighted by Crippen LogP contribution is -2.46. The van der Waals surface area contributed by atoms with Crippen LogP contribution in [0, 0.1) is 11.8 Å². The van der Waals surface area contributed by atoms with E-state index in [1.54, 1.807) is 0 Å². The number of hydrogen-bond acceptors (Lipinski definition) is 3. The first kappa shape index (κ1) is 14.2. The molecule has 120 valence electrons. The number of nitrogens with one attached hydrogen (secondary N) is 1. The number of nitrogens with zero attached hydrogens (tertiary/aromatic N) is 3. The minimum absolute atomic E-state index is 0.0750. The van der Waals surface area contributed by atoms with Crippen LogP contribution in [-0.4, -0.2) is 45.8 Å². The molecule has 5 nitrogen and oxygen atoms in total. The highest BCUT2D eigenvalue weighted by molar-refractivity contribution is 5.81. The zero-order valence-corrected chi connectivity index (χ0v) is 13.5. The van der Waals surface area contributed by atoms with Gasteiger partial charge in [-0.15, -0.1) is 0 Å². The van der Waals surface area contributed by atoms with E-state index in [9.17, 15) is 4.79 Å². The zero-order chi connectivity index (χ0) is 15.3. The maximum absolute atomic E-state index is 13.2. The van der Waals surface area contributed by atoms with Crippen molar-refractivity contribution < 1.29 is 4.79 Å². The van der Waals surface area contributed by atoms with Crippen molar-refractivity contribution in [3.8, 4) is 0 Å². The molecule has 3 fully saturated rings. The van der Waals surface area contributed by atoms with Crippen molar-refractivity contribution in [2.45, 2.75) is 50.6 Å². The van der Waals surface area contributed by atoms with E-state index in [0.29, 0.717) is 18.0 Å². The highest BCUT2D eigenvalue weighted by atomic mass is 16.2. The summed E-state index contributed by atoms with van der Waals surface area (Å²) in [5.74, 6) is 1.47. The van der Waals surface area contributed by atoms with Gasteiger partial charge in [-0.2, -0.15) is 5.10 Å². The van der Waals surface area contributed by atoms with E-state index >= 15 is 0 Å². The van der Waals surface area contributed by atoms with Gasteiger partial charge in [0.05, 0.1) is 12.1 Å². The predicted molar refractivity (Wildman–Crippen MR) is 84.4 cm³/mol. The topological polar surface area (TPSA) is 50.2 Å². The predicted octanol–water partition coefficient (Wildman–Crippen LogP) is 1.51. The molecule has 1 saturated heterocycles. The summed E-state index contributed by atoms with van der Waals surface area (Å²) in [5, 5.41) is 7.71. The molecule has 2 heterocycles. The van der Waals surface area contributed by atoms with Gasteiger partial charge in [-0.3, -0.25) is 9.48 Å². The molecule has 1 aromatic heterocycles. The van der Waals surface area contributed by atoms with Crippen molar-refractivity contribution in [3.05, 3.63) is 18.0 Å². The molecule has 4 rings (SSSR count). The Kier molecular flexibility index (Phi) is 3.48. The van der Waals surface area contributed by atoms with E-state index in [4.69, 9.17) is 0 Å². The lowest BCUT2D eigenvalue weighted by Gasteiger charge is -2.33. The number of carbonyl (C=O) groups excluding carboxylic acids is 1. The van der Waals surface area contributed by atoms with Crippen molar-refractivity contribution in [1.82, 2.24) is 20.0 Å². The molecule has 2 aliphatic carbocycles. The van der Waals surface area contributed by atoms with Crippen LogP contribution in [0.3, 0.4) is 0 Å². The smallest absolute Gasteiger partial charge is 0.228 e. The highest BCUT2D eigenvalue weighted by Gasteiger charge is 2.46. The molecule has 1 unspecified atom stereocenters. The first-order chi connectivity index (χ1) is 10.6. The van der Waals surface area contributed by atoms with E-state index in [2.05, 4.69) is 28.4 Å². The Morgan fingerprint density at radius 1 is 1.36 bits per heavy atom. The van der Waals surface area contributed by atoms with Crippen molar-refractivity contribution in [2.75, 3.05) is 13.1 Å². The van der Waals surface area contributed by atoms with Crippen molar-refractivity contribution >= 4 is 5.91 Å². The summed E-state index contributed by atoms with van der Waals surface area (Å²) in [6.45, 7) is 3.95. The zero-order valence-electron chi connectivity index (χ0n) is 13.5. The lowest BCUT2D eigenvalue weighted by molar-refractivity contribution is -0.138. The quantitative estimate of drug-likeness (QED) is 0.897. The molecule has 0 spiro atoms. The molecule has 2 saturated carbocycles. The summed E-state index contributed by atoms with van der Waals surface area (Å²) >= 11 is 0. The van der Waals surface area contributed by atoms with Crippen molar-refractivity contribution in [2.24, 2.45) is 18.9 Å². The first-order valence-electron chi connectivity index (χ1n) is 8.66. The van der Waals surface area contributed by atoms with Crippen LogP contribution in [0.25, 0.3) is 0 Å². The SMILES string of the molecule is CC(C1CC1)N(C(=O)[C@H]1CNC[C@@H]1c1cnn(C)c1)C1CC1. The second-order valence-electron chi connectivity index (χ2n) is 7.37. The number of aromatic nitrogens is 2. The Morgan fingerprint density at radius 3 is 2.73 bits per heavy atom. The first-order valence-corrected chi connectivity index (χ1v) is 8.66. The van der Waals surface area contributed by atoms with Gasteiger partial charge in [-0.1, -0.05) is 0 Å². The summed E-state index contributed by atoms with van der Waals surface area (Å²) in [7, 11) is 1.94. The molecule has 0 bridgehead atoms. The molecule has 22 heavy (non-hydrogen) atoms. The molecule has 5 heteroatoms. The third kappa shape index (κ3) is 2.56. The second kappa shape index (κ2) is 5.37. The van der Waals surface area contributed by atoms with E-state index in [0.717, 1.165) is 19.0 Å². The molecule has 0 aromatic carbocycles. The Labute approximate surface area is 132 Å². The third-order valence-electron chi connectivity index (χ3n) is 5.62. The van der Waals surface area contributed by atoms with Gasteiger partial charge in [0.2, 0.25) is 5.91 Å². The van der Waals surface area contributed by atoms with Crippen LogP contribution in [0.1, 0.15) is 44.1 Å². The minimum Gasteiger partial charge on any atom is -0.336 e. The monoisotopic (exact) mass is 302 g/mol. The van der Waals surface area contributed by atoms with E-state index < -0.39 is 0 Å². The highest BCUT2D eigenvalue weighted by Crippen LogP contribution is 2.41. The molecule has 3 atom stereocenters. The second-order valence-corrected chi connectivity index (χ2v) is 7.37. The van der Waals surface area contributed by atoms with Crippen LogP contribution < -0.4 is 5.32 Å². The summed E-state index contributed by atoms with van der Waals surface area (Å²) < 4.78 is 1.83. The molecule has 1 N–H and O–H groups in total. The number of hydrogen-bond donors (Lipinski definition) is 1. The van der Waals surface area contributed by atoms with Crippen LogP contribution in [0.2, 0.25) is 0 Å². The molecule has 1 aliphatic heterocycles. The molecule has 1 amide bonds. The van der Waals surface area contributed by atoms with Crippen LogP contribution in [0.4, 0.5) is 0 Å². The largest absolute Gasteiger partial charge is 0.336 e. The van der Waals surface area contributed by atoms with E-state index in [1.165, 1.54) is 31.2 Å². The lowest BCUT2D eigenvalue weighted by atomic mass is 9.89. The van der Waals surface area contributed by atoms with E-state index in [-0.39, 0.29) is 11.8 Å². The average molecular weight is 302 g/mol. The van der Waals surface area contributed by atoms with Crippen LogP contribution in [0.5, 0.6) is 0 Å². The Balaban J connectivity index is 1.54. The van der Waals surface area contributed by atoms with Gasteiger partial charge in [0.1, 0.15) is 0 Å². The number of rotatable bonds is 5. The summed E-state index contributed by atoms with van der Waals surface area (Å²) in [6.07, 6.45) is 8.97. The summed E-state index contributed by atoms with van der Waals surface area (Å²) in [6, 6.07) is 0.938. The minimum atomic E-state index is 0.0750. The normalized spacial score (nSPS) is 29.5. The van der Waals surface area contributed by atoms with Crippen LogP contribution in [-0.2, 0) is 11.8 Å². The van der Waals surface area contributed by atoms with Gasteiger partial charge >= 0.3 is 0 Å². The molecular formula is C17H26N4O. The number of amides is 1. The fourth-order valence-corrected chi connectivity index (χ4v) is 3.98. The fraction of sp³-hybridized carbons (Fsp3) is 0.765. The number of aryl methyl sites for hydroxylation is 1. The Hall–Kier alpha value is -1.36. The van der Waals surface area contributed by atoms with Gasteiger partial charge < -0.3 is 10.2 Å². The van der Waals surface area contributed by atoms with Crippen molar-refractivity contribution in [3.63, 3.8) is 0 Å². The summed E-state index contributed by atoms with van der Waals surface area (Å²) in [4.78, 5) is 15.5. The molecule has 1 aromatic rings. The van der Waals surface area contributed by atoms with Gasteiger partial charge in [0.25, 0.3) is 0 Å². The molecule has 3 aliphatic rings. The van der Waals surface area contributed by atoms with Gasteiger partial charge in [-0.05, 0) is 44.1 Å². The van der Waals surface area contributed by atoms with Gasteiger partial charge in [0.15, 0.2) is 0 Å². The Bertz CT molecular complexity index is 561. The van der Waals surface area contributed by atoms with Crippen LogP contribution >= 0.6 is 0 Å². The van der Waals surface area contributed by atoms with Crippen molar-refractivity contribution in [1.29, 1.82) is 0 Å². The molecule has 0 radical (unpaired) electrons. The van der Waals surface area contributed by atoms with Gasteiger partial charge in [0, 0.05) is 44.3 Å². The maximum Gasteiger partial charge on any atom is 0.228 e. The standard InChI is InChI=1S/C17H26N4O/c1-11(12-3-4-12)21(14-5-6-14)17(22)16-9-18-8-15(16)13-7-19-20(2)10-13/h7,10-12,14-16,18H,3-6,8-9H2,1-2H3/t11?,15-,16+/m1/s1. The maximum atomic E-state index is 13.2. The summed E-state index contributed by atoms with van der Waals surface area (Å²) in [5.41, 5.74) is 1.20. The Morgan fingerprint density at radius 2 is 2.14 bits per heavy atom. The van der Waals surface area contributed by atoms with Crippen LogP contribution in [0.15, 0.2) is 12.4 Å². The molecular weight excluding hydrogens is 276 g/mol.